The first-order valence-electron chi connectivity index (χ1n) is 12.3. The number of likely N-dealkylation sites (N-methyl/N-ethyl adjacent to an activating group) is 1. The number of rotatable bonds is 7. The number of allylic oxidation sites excluding steroid dienone is 3. The van der Waals surface area contributed by atoms with Gasteiger partial charge in [-0.1, -0.05) is 6.42 Å². The molecule has 1 aromatic heterocycles. The van der Waals surface area contributed by atoms with Crippen LogP contribution in [0.25, 0.3) is 11.0 Å². The SMILES string of the molecule is COC1=CCC(N(CC2CCC2)c2ccc3ncc(N4CCN(C)CC4)nc3c2)=CC(OC)=C1. The Hall–Kier alpha value is -3.06. The van der Waals surface area contributed by atoms with E-state index in [0.717, 1.165) is 73.2 Å². The predicted octanol–water partition coefficient (Wildman–Crippen LogP) is 4.34. The molecule has 2 fully saturated rings. The minimum Gasteiger partial charge on any atom is -0.497 e. The van der Waals surface area contributed by atoms with E-state index >= 15 is 0 Å². The largest absolute Gasteiger partial charge is 0.497 e. The molecular formula is C27H35N5O2. The molecule has 7 nitrogen and oxygen atoms in total. The highest BCUT2D eigenvalue weighted by molar-refractivity contribution is 5.80. The van der Waals surface area contributed by atoms with Crippen molar-refractivity contribution in [2.75, 3.05) is 63.8 Å². The third-order valence-corrected chi connectivity index (χ3v) is 7.24. The van der Waals surface area contributed by atoms with Crippen LogP contribution in [0, 0.1) is 5.92 Å². The highest BCUT2D eigenvalue weighted by Gasteiger charge is 2.24. The van der Waals surface area contributed by atoms with Crippen molar-refractivity contribution in [3.63, 3.8) is 0 Å². The Morgan fingerprint density at radius 3 is 2.50 bits per heavy atom. The highest BCUT2D eigenvalue weighted by Crippen LogP contribution is 2.34. The van der Waals surface area contributed by atoms with Crippen LogP contribution in [-0.2, 0) is 9.47 Å². The number of ether oxygens (including phenoxy) is 2. The van der Waals surface area contributed by atoms with Crippen LogP contribution in [0.4, 0.5) is 11.5 Å². The summed E-state index contributed by atoms with van der Waals surface area (Å²) in [5.74, 6) is 3.31. The molecule has 0 N–H and O–H groups in total. The summed E-state index contributed by atoms with van der Waals surface area (Å²) < 4.78 is 11.1. The molecular weight excluding hydrogens is 426 g/mol. The molecule has 1 aliphatic heterocycles. The molecule has 7 heteroatoms. The Bertz CT molecular complexity index is 1110. The van der Waals surface area contributed by atoms with Crippen LogP contribution in [0.3, 0.4) is 0 Å². The summed E-state index contributed by atoms with van der Waals surface area (Å²) in [5, 5.41) is 0. The van der Waals surface area contributed by atoms with E-state index in [1.165, 1.54) is 25.0 Å². The molecule has 0 atom stereocenters. The maximum absolute atomic E-state index is 5.63. The summed E-state index contributed by atoms with van der Waals surface area (Å²) in [4.78, 5) is 16.9. The van der Waals surface area contributed by atoms with Crippen LogP contribution >= 0.6 is 0 Å². The van der Waals surface area contributed by atoms with E-state index in [0.29, 0.717) is 5.92 Å². The first-order valence-corrected chi connectivity index (χ1v) is 12.3. The van der Waals surface area contributed by atoms with E-state index in [2.05, 4.69) is 52.1 Å². The van der Waals surface area contributed by atoms with Crippen molar-refractivity contribution in [2.24, 2.45) is 5.92 Å². The second kappa shape index (κ2) is 10.1. The lowest BCUT2D eigenvalue weighted by Gasteiger charge is -2.35. The van der Waals surface area contributed by atoms with E-state index < -0.39 is 0 Å². The quantitative estimate of drug-likeness (QED) is 0.608. The Morgan fingerprint density at radius 1 is 1.00 bits per heavy atom. The van der Waals surface area contributed by atoms with E-state index in [-0.39, 0.29) is 0 Å². The van der Waals surface area contributed by atoms with Gasteiger partial charge in [0.2, 0.25) is 0 Å². The van der Waals surface area contributed by atoms with Gasteiger partial charge in [0.15, 0.2) is 0 Å². The summed E-state index contributed by atoms with van der Waals surface area (Å²) in [5.41, 5.74) is 4.23. The molecule has 1 saturated heterocycles. The first-order chi connectivity index (χ1) is 16.6. The number of hydrogen-bond donors (Lipinski definition) is 0. The summed E-state index contributed by atoms with van der Waals surface area (Å²) in [7, 11) is 5.58. The number of anilines is 2. The lowest BCUT2D eigenvalue weighted by molar-refractivity contribution is 0.285. The topological polar surface area (TPSA) is 54.0 Å². The first kappa shape index (κ1) is 22.7. The lowest BCUT2D eigenvalue weighted by Crippen LogP contribution is -2.44. The van der Waals surface area contributed by atoms with Gasteiger partial charge in [0.05, 0.1) is 31.4 Å². The summed E-state index contributed by atoms with van der Waals surface area (Å²) in [6, 6.07) is 6.47. The molecule has 1 aromatic carbocycles. The molecule has 3 aliphatic rings. The fourth-order valence-corrected chi connectivity index (χ4v) is 4.79. The maximum atomic E-state index is 5.63. The molecule has 2 aromatic rings. The number of fused-ring (bicyclic) bond motifs is 1. The van der Waals surface area contributed by atoms with Crippen molar-refractivity contribution in [2.45, 2.75) is 25.7 Å². The highest BCUT2D eigenvalue weighted by atomic mass is 16.5. The normalized spacial score (nSPS) is 19.6. The molecule has 0 radical (unpaired) electrons. The number of benzene rings is 1. The Balaban J connectivity index is 1.48. The van der Waals surface area contributed by atoms with Gasteiger partial charge in [0, 0.05) is 62.7 Å². The van der Waals surface area contributed by atoms with Gasteiger partial charge in [-0.15, -0.1) is 0 Å². The van der Waals surface area contributed by atoms with Gasteiger partial charge in [-0.25, -0.2) is 4.98 Å². The van der Waals surface area contributed by atoms with Gasteiger partial charge in [-0.3, -0.25) is 4.98 Å². The summed E-state index contributed by atoms with van der Waals surface area (Å²) in [6.07, 6.45) is 12.8. The van der Waals surface area contributed by atoms with Gasteiger partial charge in [0.25, 0.3) is 0 Å². The van der Waals surface area contributed by atoms with Gasteiger partial charge in [-0.2, -0.15) is 0 Å². The number of hydrogen-bond acceptors (Lipinski definition) is 7. The number of nitrogens with zero attached hydrogens (tertiary/aromatic N) is 5. The predicted molar refractivity (Wildman–Crippen MR) is 137 cm³/mol. The monoisotopic (exact) mass is 461 g/mol. The summed E-state index contributed by atoms with van der Waals surface area (Å²) >= 11 is 0. The van der Waals surface area contributed by atoms with E-state index in [1.54, 1.807) is 14.2 Å². The number of methoxy groups -OCH3 is 2. The zero-order valence-corrected chi connectivity index (χ0v) is 20.5. The van der Waals surface area contributed by atoms with Crippen molar-refractivity contribution in [1.82, 2.24) is 14.9 Å². The number of aromatic nitrogens is 2. The molecule has 0 amide bonds. The van der Waals surface area contributed by atoms with Crippen LogP contribution in [0.2, 0.25) is 0 Å². The summed E-state index contributed by atoms with van der Waals surface area (Å²) in [6.45, 7) is 5.07. The van der Waals surface area contributed by atoms with Crippen molar-refractivity contribution < 1.29 is 9.47 Å². The third-order valence-electron chi connectivity index (χ3n) is 7.24. The smallest absolute Gasteiger partial charge is 0.147 e. The average Bonchev–Trinajstić information content (AvgIpc) is 3.05. The van der Waals surface area contributed by atoms with Crippen LogP contribution < -0.4 is 9.80 Å². The zero-order valence-electron chi connectivity index (χ0n) is 20.5. The van der Waals surface area contributed by atoms with Crippen molar-refractivity contribution in [3.8, 4) is 0 Å². The van der Waals surface area contributed by atoms with Crippen molar-refractivity contribution in [3.05, 3.63) is 59.8 Å². The van der Waals surface area contributed by atoms with Crippen molar-refractivity contribution >= 4 is 22.5 Å². The van der Waals surface area contributed by atoms with Crippen LogP contribution in [-0.4, -0.2) is 68.9 Å². The van der Waals surface area contributed by atoms with Crippen LogP contribution in [0.15, 0.2) is 59.8 Å². The maximum Gasteiger partial charge on any atom is 0.147 e. The zero-order chi connectivity index (χ0) is 23.5. The fourth-order valence-electron chi connectivity index (χ4n) is 4.79. The molecule has 0 bridgehead atoms. The van der Waals surface area contributed by atoms with Gasteiger partial charge in [-0.05, 0) is 50.1 Å². The molecule has 34 heavy (non-hydrogen) atoms. The van der Waals surface area contributed by atoms with Crippen LogP contribution in [0.5, 0.6) is 0 Å². The average molecular weight is 462 g/mol. The Labute approximate surface area is 202 Å². The standard InChI is InChI=1S/C27H35N5O2/c1-30-11-13-31(14-12-30)27-18-28-25-10-8-22(16-26(25)29-27)32(19-20-5-4-6-20)21-7-9-23(33-2)17-24(15-21)34-3/h8-10,15-18,20H,4-7,11-14,19H2,1-3H3. The van der Waals surface area contributed by atoms with Gasteiger partial charge >= 0.3 is 0 Å². The molecule has 180 valence electrons. The minimum atomic E-state index is 0.712. The third kappa shape index (κ3) is 4.89. The lowest BCUT2D eigenvalue weighted by atomic mass is 9.85. The van der Waals surface area contributed by atoms with Crippen molar-refractivity contribution in [1.29, 1.82) is 0 Å². The van der Waals surface area contributed by atoms with Gasteiger partial charge in [0.1, 0.15) is 17.3 Å². The van der Waals surface area contributed by atoms with Gasteiger partial charge < -0.3 is 24.2 Å². The molecule has 0 unspecified atom stereocenters. The molecule has 2 aliphatic carbocycles. The molecule has 5 rings (SSSR count). The fraction of sp³-hybridized carbons (Fsp3) is 0.481. The minimum absolute atomic E-state index is 0.712. The second-order valence-electron chi connectivity index (χ2n) is 9.50. The van der Waals surface area contributed by atoms with E-state index in [1.807, 2.05) is 12.3 Å². The Morgan fingerprint density at radius 2 is 1.79 bits per heavy atom. The molecule has 0 spiro atoms. The van der Waals surface area contributed by atoms with E-state index in [4.69, 9.17) is 19.4 Å². The Kier molecular flexibility index (Phi) is 6.72. The molecule has 2 heterocycles. The molecule has 1 saturated carbocycles. The van der Waals surface area contributed by atoms with Crippen LogP contribution in [0.1, 0.15) is 25.7 Å². The second-order valence-corrected chi connectivity index (χ2v) is 9.50. The van der Waals surface area contributed by atoms with E-state index in [9.17, 15) is 0 Å². The number of piperazine rings is 1.